The van der Waals surface area contributed by atoms with Crippen molar-refractivity contribution in [2.24, 2.45) is 7.05 Å². The number of hydrogen-bond acceptors (Lipinski definition) is 8. The molecule has 0 bridgehead atoms. The van der Waals surface area contributed by atoms with Crippen LogP contribution in [0.3, 0.4) is 0 Å². The highest BCUT2D eigenvalue weighted by molar-refractivity contribution is 7.99. The lowest BCUT2D eigenvalue weighted by molar-refractivity contribution is -0.113. The molecule has 180 valence electrons. The minimum Gasteiger partial charge on any atom is -0.493 e. The Balaban J connectivity index is 1.47. The number of thiophene rings is 1. The van der Waals surface area contributed by atoms with Gasteiger partial charge in [0.15, 0.2) is 11.0 Å². The first-order valence-electron chi connectivity index (χ1n) is 11.4. The van der Waals surface area contributed by atoms with E-state index < -0.39 is 0 Å². The fraction of sp³-hybridized carbons (Fsp3) is 0.417. The Morgan fingerprint density at radius 3 is 2.74 bits per heavy atom. The number of fused-ring (bicyclic) bond motifs is 1. The van der Waals surface area contributed by atoms with Crippen molar-refractivity contribution in [3.05, 3.63) is 40.3 Å². The second kappa shape index (κ2) is 11.1. The summed E-state index contributed by atoms with van der Waals surface area (Å²) in [4.78, 5) is 26.6. The first kappa shape index (κ1) is 24.3. The number of esters is 1. The zero-order chi connectivity index (χ0) is 24.1. The highest BCUT2D eigenvalue weighted by Gasteiger charge is 2.27. The minimum absolute atomic E-state index is 0.143. The summed E-state index contributed by atoms with van der Waals surface area (Å²) >= 11 is 2.78. The number of nitrogens with zero attached hydrogens (tertiary/aromatic N) is 3. The van der Waals surface area contributed by atoms with E-state index in [2.05, 4.69) is 15.5 Å². The first-order valence-corrected chi connectivity index (χ1v) is 13.2. The highest BCUT2D eigenvalue weighted by atomic mass is 32.2. The van der Waals surface area contributed by atoms with Crippen LogP contribution < -0.4 is 10.1 Å². The molecule has 0 radical (unpaired) electrons. The molecule has 2 aromatic heterocycles. The Kier molecular flexibility index (Phi) is 7.89. The Bertz CT molecular complexity index is 1190. The number of thioether (sulfide) groups is 1. The zero-order valence-corrected chi connectivity index (χ0v) is 21.2. The molecule has 4 rings (SSSR count). The molecule has 3 aromatic rings. The van der Waals surface area contributed by atoms with Gasteiger partial charge in [0, 0.05) is 11.9 Å². The number of aryl methyl sites for hydroxylation is 1. The molecule has 34 heavy (non-hydrogen) atoms. The number of benzene rings is 1. The van der Waals surface area contributed by atoms with E-state index in [9.17, 15) is 9.59 Å². The quantitative estimate of drug-likeness (QED) is 0.335. The van der Waals surface area contributed by atoms with Crippen LogP contribution in [0.4, 0.5) is 5.00 Å². The fourth-order valence-corrected chi connectivity index (χ4v) is 5.98. The van der Waals surface area contributed by atoms with Crippen molar-refractivity contribution in [2.75, 3.05) is 24.3 Å². The third-order valence-corrected chi connectivity index (χ3v) is 7.73. The lowest BCUT2D eigenvalue weighted by Gasteiger charge is -2.12. The molecule has 0 spiro atoms. The molecule has 1 amide bonds. The SMILES string of the molecule is CCOC(=O)c1c(NC(=O)CSc2nnc(-c3ccccc3OCC)n2C)sc2c1CCCC2. The van der Waals surface area contributed by atoms with Crippen LogP contribution in [0.5, 0.6) is 5.75 Å². The van der Waals surface area contributed by atoms with Gasteiger partial charge in [-0.15, -0.1) is 21.5 Å². The number of carbonyl (C=O) groups excluding carboxylic acids is 2. The zero-order valence-electron chi connectivity index (χ0n) is 19.6. The summed E-state index contributed by atoms with van der Waals surface area (Å²) in [6.45, 7) is 4.57. The smallest absolute Gasteiger partial charge is 0.341 e. The molecule has 0 saturated carbocycles. The molecule has 2 heterocycles. The predicted molar refractivity (Wildman–Crippen MR) is 134 cm³/mol. The van der Waals surface area contributed by atoms with E-state index >= 15 is 0 Å². The molecular weight excluding hydrogens is 472 g/mol. The second-order valence-corrected chi connectivity index (χ2v) is 9.81. The molecule has 1 aromatic carbocycles. The van der Waals surface area contributed by atoms with E-state index in [1.165, 1.54) is 28.0 Å². The standard InChI is InChI=1S/C24H28N4O4S2/c1-4-31-17-12-8-6-10-15(17)21-26-27-24(28(21)3)33-14-19(29)25-22-20(23(30)32-5-2)16-11-7-9-13-18(16)34-22/h6,8,10,12H,4-5,7,9,11,13-14H2,1-3H3,(H,25,29). The normalized spacial score (nSPS) is 12.8. The molecule has 0 fully saturated rings. The van der Waals surface area contributed by atoms with Crippen molar-refractivity contribution < 1.29 is 19.1 Å². The van der Waals surface area contributed by atoms with Crippen LogP contribution in [0.2, 0.25) is 0 Å². The van der Waals surface area contributed by atoms with Gasteiger partial charge in [-0.2, -0.15) is 0 Å². The number of nitrogens with one attached hydrogen (secondary N) is 1. The van der Waals surface area contributed by atoms with Gasteiger partial charge in [0.1, 0.15) is 10.8 Å². The lowest BCUT2D eigenvalue weighted by Crippen LogP contribution is -2.17. The van der Waals surface area contributed by atoms with Crippen molar-refractivity contribution in [3.63, 3.8) is 0 Å². The van der Waals surface area contributed by atoms with Crippen molar-refractivity contribution in [3.8, 4) is 17.1 Å². The van der Waals surface area contributed by atoms with Crippen LogP contribution in [-0.2, 0) is 29.4 Å². The maximum Gasteiger partial charge on any atom is 0.341 e. The third-order valence-electron chi connectivity index (χ3n) is 5.50. The lowest BCUT2D eigenvalue weighted by atomic mass is 9.95. The summed E-state index contributed by atoms with van der Waals surface area (Å²) in [5.41, 5.74) is 2.40. The van der Waals surface area contributed by atoms with Gasteiger partial charge in [-0.05, 0) is 57.2 Å². The summed E-state index contributed by atoms with van der Waals surface area (Å²) < 4.78 is 12.8. The van der Waals surface area contributed by atoms with Crippen LogP contribution >= 0.6 is 23.1 Å². The fourth-order valence-electron chi connectivity index (χ4n) is 3.97. The van der Waals surface area contributed by atoms with Crippen LogP contribution in [-0.4, -0.2) is 45.6 Å². The van der Waals surface area contributed by atoms with Gasteiger partial charge in [-0.3, -0.25) is 4.79 Å². The number of hydrogen-bond donors (Lipinski definition) is 1. The monoisotopic (exact) mass is 500 g/mol. The van der Waals surface area contributed by atoms with Gasteiger partial charge >= 0.3 is 5.97 Å². The van der Waals surface area contributed by atoms with Gasteiger partial charge in [0.05, 0.1) is 30.1 Å². The van der Waals surface area contributed by atoms with E-state index in [1.807, 2.05) is 42.8 Å². The summed E-state index contributed by atoms with van der Waals surface area (Å²) in [6, 6.07) is 7.67. The Morgan fingerprint density at radius 2 is 1.94 bits per heavy atom. The number of amides is 1. The Labute approximate surface area is 207 Å². The molecule has 1 aliphatic rings. The summed E-state index contributed by atoms with van der Waals surface area (Å²) in [5.74, 6) is 0.985. The molecular formula is C24H28N4O4S2. The third kappa shape index (κ3) is 5.12. The number of aromatic nitrogens is 3. The predicted octanol–water partition coefficient (Wildman–Crippen LogP) is 4.73. The summed E-state index contributed by atoms with van der Waals surface area (Å²) in [6.07, 6.45) is 3.91. The Morgan fingerprint density at radius 1 is 1.15 bits per heavy atom. The van der Waals surface area contributed by atoms with Crippen molar-refractivity contribution in [1.82, 2.24) is 14.8 Å². The topological polar surface area (TPSA) is 95.3 Å². The molecule has 0 saturated heterocycles. The molecule has 0 unspecified atom stereocenters. The van der Waals surface area contributed by atoms with Crippen molar-refractivity contribution in [2.45, 2.75) is 44.7 Å². The number of anilines is 1. The van der Waals surface area contributed by atoms with Crippen LogP contribution in [0.15, 0.2) is 29.4 Å². The maximum absolute atomic E-state index is 12.8. The number of rotatable bonds is 9. The first-order chi connectivity index (χ1) is 16.5. The van der Waals surface area contributed by atoms with Crippen molar-refractivity contribution >= 4 is 40.0 Å². The minimum atomic E-state index is -0.365. The summed E-state index contributed by atoms with van der Waals surface area (Å²) in [7, 11) is 1.87. The van der Waals surface area contributed by atoms with Gasteiger partial charge < -0.3 is 19.4 Å². The molecule has 1 aliphatic carbocycles. The number of para-hydroxylation sites is 1. The maximum atomic E-state index is 12.8. The molecule has 0 aliphatic heterocycles. The number of carbonyl (C=O) groups is 2. The average molecular weight is 501 g/mol. The molecule has 8 nitrogen and oxygen atoms in total. The van der Waals surface area contributed by atoms with Crippen LogP contribution in [0.1, 0.15) is 47.5 Å². The van der Waals surface area contributed by atoms with Crippen LogP contribution in [0.25, 0.3) is 11.4 Å². The van der Waals surface area contributed by atoms with E-state index in [0.717, 1.165) is 42.6 Å². The van der Waals surface area contributed by atoms with E-state index in [4.69, 9.17) is 9.47 Å². The van der Waals surface area contributed by atoms with E-state index in [-0.39, 0.29) is 17.6 Å². The van der Waals surface area contributed by atoms with Gasteiger partial charge in [0.2, 0.25) is 5.91 Å². The van der Waals surface area contributed by atoms with Gasteiger partial charge in [-0.25, -0.2) is 4.79 Å². The Hall–Kier alpha value is -2.85. The highest BCUT2D eigenvalue weighted by Crippen LogP contribution is 2.39. The van der Waals surface area contributed by atoms with Crippen molar-refractivity contribution in [1.29, 1.82) is 0 Å². The summed E-state index contributed by atoms with van der Waals surface area (Å²) in [5, 5.41) is 12.7. The van der Waals surface area contributed by atoms with E-state index in [0.29, 0.717) is 34.8 Å². The molecule has 10 heteroatoms. The van der Waals surface area contributed by atoms with Crippen LogP contribution in [0, 0.1) is 0 Å². The largest absolute Gasteiger partial charge is 0.493 e. The van der Waals surface area contributed by atoms with Gasteiger partial charge in [-0.1, -0.05) is 23.9 Å². The second-order valence-electron chi connectivity index (χ2n) is 7.77. The molecule has 0 atom stereocenters. The van der Waals surface area contributed by atoms with E-state index in [1.54, 1.807) is 6.92 Å². The van der Waals surface area contributed by atoms with Gasteiger partial charge in [0.25, 0.3) is 0 Å². The average Bonchev–Trinajstić information content (AvgIpc) is 3.38. The number of ether oxygens (including phenoxy) is 2. The molecule has 1 N–H and O–H groups in total.